The van der Waals surface area contributed by atoms with Crippen LogP contribution >= 0.6 is 15.9 Å². The smallest absolute Gasteiger partial charge is 0.0730 e. The average molecular weight is 425 g/mol. The van der Waals surface area contributed by atoms with Crippen molar-refractivity contribution >= 4 is 26.8 Å². The van der Waals surface area contributed by atoms with Crippen molar-refractivity contribution in [2.75, 3.05) is 0 Å². The molecule has 2 aromatic heterocycles. The van der Waals surface area contributed by atoms with Crippen LogP contribution in [0.25, 0.3) is 39.1 Å². The summed E-state index contributed by atoms with van der Waals surface area (Å²) < 4.78 is 3.31. The largest absolute Gasteiger partial charge is 0.316 e. The number of nitrogens with zero attached hydrogens (tertiary/aromatic N) is 2. The first-order valence-corrected chi connectivity index (χ1v) is 9.97. The molecule has 2 heterocycles. The molecule has 2 nitrogen and oxygen atoms in total. The molecule has 0 saturated heterocycles. The molecule has 28 heavy (non-hydrogen) atoms. The summed E-state index contributed by atoms with van der Waals surface area (Å²) in [7, 11) is 0. The van der Waals surface area contributed by atoms with E-state index < -0.39 is 0 Å². The molecule has 0 radical (unpaired) electrons. The van der Waals surface area contributed by atoms with Gasteiger partial charge in [0.25, 0.3) is 0 Å². The highest BCUT2D eigenvalue weighted by Crippen LogP contribution is 2.29. The maximum atomic E-state index is 4.96. The van der Waals surface area contributed by atoms with Gasteiger partial charge in [0.05, 0.1) is 16.9 Å². The normalized spacial score (nSPS) is 11.0. The fraction of sp³-hybridized carbons (Fsp3) is 0. The van der Waals surface area contributed by atoms with Crippen LogP contribution in [-0.4, -0.2) is 9.55 Å². The van der Waals surface area contributed by atoms with Crippen LogP contribution in [0.5, 0.6) is 0 Å². The molecule has 134 valence electrons. The Balaban J connectivity index is 1.75. The van der Waals surface area contributed by atoms with Gasteiger partial charge in [-0.05, 0) is 36.4 Å². The molecule has 0 N–H and O–H groups in total. The molecule has 0 spiro atoms. The highest BCUT2D eigenvalue weighted by molar-refractivity contribution is 9.10. The molecule has 0 aliphatic rings. The second kappa shape index (κ2) is 7.10. The van der Waals surface area contributed by atoms with Crippen LogP contribution in [-0.2, 0) is 0 Å². The summed E-state index contributed by atoms with van der Waals surface area (Å²) >= 11 is 3.56. The zero-order valence-corrected chi connectivity index (χ0v) is 16.7. The van der Waals surface area contributed by atoms with E-state index in [2.05, 4.69) is 112 Å². The van der Waals surface area contributed by atoms with Crippen LogP contribution in [0, 0.1) is 0 Å². The van der Waals surface area contributed by atoms with Crippen LogP contribution < -0.4 is 0 Å². The van der Waals surface area contributed by atoms with E-state index in [4.69, 9.17) is 4.98 Å². The van der Waals surface area contributed by atoms with Gasteiger partial charge >= 0.3 is 0 Å². The van der Waals surface area contributed by atoms with Gasteiger partial charge < -0.3 is 4.57 Å². The van der Waals surface area contributed by atoms with Crippen molar-refractivity contribution < 1.29 is 0 Å². The second-order valence-corrected chi connectivity index (χ2v) is 7.63. The molecular weight excluding hydrogens is 408 g/mol. The summed E-state index contributed by atoms with van der Waals surface area (Å²) in [5.41, 5.74) is 6.44. The van der Waals surface area contributed by atoms with Crippen molar-refractivity contribution in [2.24, 2.45) is 0 Å². The Hall–Kier alpha value is -3.17. The summed E-state index contributed by atoms with van der Waals surface area (Å²) in [4.78, 5) is 4.96. The number of fused-ring (bicyclic) bond motifs is 1. The third-order valence-electron chi connectivity index (χ3n) is 4.88. The molecule has 3 aromatic carbocycles. The molecular formula is C25H17BrN2. The third-order valence-corrected chi connectivity index (χ3v) is 5.37. The van der Waals surface area contributed by atoms with Crippen molar-refractivity contribution in [3.8, 4) is 28.2 Å². The molecule has 0 fully saturated rings. The van der Waals surface area contributed by atoms with Crippen molar-refractivity contribution in [3.05, 3.63) is 108 Å². The summed E-state index contributed by atoms with van der Waals surface area (Å²) in [6.07, 6.45) is 2.12. The van der Waals surface area contributed by atoms with E-state index in [0.29, 0.717) is 0 Å². The summed E-state index contributed by atoms with van der Waals surface area (Å²) in [5, 5.41) is 1.20. The Kier molecular flexibility index (Phi) is 4.30. The van der Waals surface area contributed by atoms with Crippen LogP contribution in [0.2, 0.25) is 0 Å². The SMILES string of the molecule is Brc1ccc2c(ccn2-c2cc(-c3ccccc3)nc(-c3ccccc3)c2)c1. The molecule has 5 rings (SSSR count). The van der Waals surface area contributed by atoms with Crippen molar-refractivity contribution in [3.63, 3.8) is 0 Å². The maximum absolute atomic E-state index is 4.96. The predicted molar refractivity (Wildman–Crippen MR) is 120 cm³/mol. The zero-order valence-electron chi connectivity index (χ0n) is 15.1. The first-order valence-electron chi connectivity index (χ1n) is 9.18. The minimum absolute atomic E-state index is 0.968. The lowest BCUT2D eigenvalue weighted by molar-refractivity contribution is 1.11. The number of rotatable bonds is 3. The third kappa shape index (κ3) is 3.14. The average Bonchev–Trinajstić information content (AvgIpc) is 3.18. The maximum Gasteiger partial charge on any atom is 0.0730 e. The van der Waals surface area contributed by atoms with Gasteiger partial charge in [-0.2, -0.15) is 0 Å². The van der Waals surface area contributed by atoms with Gasteiger partial charge in [0.2, 0.25) is 0 Å². The minimum Gasteiger partial charge on any atom is -0.316 e. The Morgan fingerprint density at radius 2 is 1.25 bits per heavy atom. The Morgan fingerprint density at radius 1 is 0.643 bits per heavy atom. The van der Waals surface area contributed by atoms with Crippen LogP contribution in [0.15, 0.2) is 108 Å². The first kappa shape index (κ1) is 17.0. The van der Waals surface area contributed by atoms with E-state index in [9.17, 15) is 0 Å². The van der Waals surface area contributed by atoms with Crippen molar-refractivity contribution in [2.45, 2.75) is 0 Å². The topological polar surface area (TPSA) is 17.8 Å². The minimum atomic E-state index is 0.968. The number of benzene rings is 3. The Morgan fingerprint density at radius 3 is 1.86 bits per heavy atom. The Bertz CT molecular complexity index is 1200. The molecule has 0 aliphatic heterocycles. The standard InChI is InChI=1S/C25H17BrN2/c26-21-11-12-25-20(15-21)13-14-28(25)22-16-23(18-7-3-1-4-8-18)27-24(17-22)19-9-5-2-6-10-19/h1-17H. The summed E-state index contributed by atoms with van der Waals surface area (Å²) in [6, 6.07) is 33.5. The molecule has 3 heteroatoms. The van der Waals surface area contributed by atoms with Crippen molar-refractivity contribution in [1.29, 1.82) is 0 Å². The van der Waals surface area contributed by atoms with Crippen LogP contribution in [0.3, 0.4) is 0 Å². The van der Waals surface area contributed by atoms with E-state index in [-0.39, 0.29) is 0 Å². The van der Waals surface area contributed by atoms with Crippen molar-refractivity contribution in [1.82, 2.24) is 9.55 Å². The highest BCUT2D eigenvalue weighted by atomic mass is 79.9. The van der Waals surface area contributed by atoms with Gasteiger partial charge in [0, 0.05) is 32.9 Å². The lowest BCUT2D eigenvalue weighted by Crippen LogP contribution is -1.97. The molecule has 0 unspecified atom stereocenters. The zero-order chi connectivity index (χ0) is 18.9. The molecule has 0 aliphatic carbocycles. The number of hydrogen-bond acceptors (Lipinski definition) is 1. The summed E-state index contributed by atoms with van der Waals surface area (Å²) in [6.45, 7) is 0. The van der Waals surface area contributed by atoms with Crippen LogP contribution in [0.4, 0.5) is 0 Å². The van der Waals surface area contributed by atoms with Gasteiger partial charge in [-0.15, -0.1) is 0 Å². The quantitative estimate of drug-likeness (QED) is 0.301. The van der Waals surface area contributed by atoms with E-state index in [1.807, 2.05) is 12.1 Å². The molecule has 0 saturated carbocycles. The first-order chi connectivity index (χ1) is 13.8. The number of halogens is 1. The fourth-order valence-electron chi connectivity index (χ4n) is 3.51. The number of hydrogen-bond donors (Lipinski definition) is 0. The molecule has 0 bridgehead atoms. The molecule has 5 aromatic rings. The van der Waals surface area contributed by atoms with Gasteiger partial charge in [-0.1, -0.05) is 76.6 Å². The fourth-order valence-corrected chi connectivity index (χ4v) is 3.89. The predicted octanol–water partition coefficient (Wildman–Crippen LogP) is 7.12. The lowest BCUT2D eigenvalue weighted by Gasteiger charge is -2.12. The number of pyridine rings is 1. The van der Waals surface area contributed by atoms with Gasteiger partial charge in [-0.3, -0.25) is 0 Å². The Labute approximate surface area is 172 Å². The second-order valence-electron chi connectivity index (χ2n) is 6.72. The lowest BCUT2D eigenvalue weighted by atomic mass is 10.1. The van der Waals surface area contributed by atoms with E-state index in [0.717, 1.165) is 32.7 Å². The van der Waals surface area contributed by atoms with E-state index in [1.165, 1.54) is 10.9 Å². The van der Waals surface area contributed by atoms with Gasteiger partial charge in [0.1, 0.15) is 0 Å². The van der Waals surface area contributed by atoms with E-state index in [1.54, 1.807) is 0 Å². The van der Waals surface area contributed by atoms with E-state index >= 15 is 0 Å². The molecule has 0 atom stereocenters. The highest BCUT2D eigenvalue weighted by Gasteiger charge is 2.10. The van der Waals surface area contributed by atoms with Gasteiger partial charge in [-0.25, -0.2) is 4.98 Å². The monoisotopic (exact) mass is 424 g/mol. The molecule has 0 amide bonds. The van der Waals surface area contributed by atoms with Gasteiger partial charge in [0.15, 0.2) is 0 Å². The van der Waals surface area contributed by atoms with Crippen LogP contribution in [0.1, 0.15) is 0 Å². The number of aromatic nitrogens is 2. The summed E-state index contributed by atoms with van der Waals surface area (Å²) in [5.74, 6) is 0.